The molecule has 106 valence electrons. The van der Waals surface area contributed by atoms with E-state index in [4.69, 9.17) is 9.47 Å². The summed E-state index contributed by atoms with van der Waals surface area (Å²) < 4.78 is 10.8. The van der Waals surface area contributed by atoms with Gasteiger partial charge in [-0.2, -0.15) is 0 Å². The molecule has 1 saturated heterocycles. The zero-order valence-corrected chi connectivity index (χ0v) is 11.6. The van der Waals surface area contributed by atoms with Gasteiger partial charge in [0.1, 0.15) is 0 Å². The van der Waals surface area contributed by atoms with Crippen LogP contribution < -0.4 is 5.32 Å². The van der Waals surface area contributed by atoms with Crippen molar-refractivity contribution in [3.63, 3.8) is 0 Å². The van der Waals surface area contributed by atoms with E-state index in [-0.39, 0.29) is 12.3 Å². The monoisotopic (exact) mass is 258 g/mol. The Labute approximate surface area is 110 Å². The molecule has 0 atom stereocenters. The summed E-state index contributed by atoms with van der Waals surface area (Å²) in [6.45, 7) is 7.15. The lowest BCUT2D eigenvalue weighted by Gasteiger charge is -2.23. The maximum absolute atomic E-state index is 12.0. The molecular formula is C13H26N2O3. The Morgan fingerprint density at radius 1 is 1.11 bits per heavy atom. The summed E-state index contributed by atoms with van der Waals surface area (Å²) in [5.74, 6) is 0. The van der Waals surface area contributed by atoms with Crippen molar-refractivity contribution in [2.75, 3.05) is 32.8 Å². The summed E-state index contributed by atoms with van der Waals surface area (Å²) in [4.78, 5) is 13.9. The van der Waals surface area contributed by atoms with Crippen LogP contribution in [0.2, 0.25) is 0 Å². The number of hydrogen-bond donors (Lipinski definition) is 1. The Kier molecular flexibility index (Phi) is 7.76. The van der Waals surface area contributed by atoms with E-state index < -0.39 is 0 Å². The minimum atomic E-state index is -0.337. The van der Waals surface area contributed by atoms with Crippen molar-refractivity contribution in [1.82, 2.24) is 10.2 Å². The molecule has 1 rings (SSSR count). The molecule has 5 heteroatoms. The van der Waals surface area contributed by atoms with Crippen molar-refractivity contribution in [3.05, 3.63) is 0 Å². The van der Waals surface area contributed by atoms with Crippen molar-refractivity contribution in [2.24, 2.45) is 0 Å². The Balaban J connectivity index is 2.28. The predicted molar refractivity (Wildman–Crippen MR) is 70.5 cm³/mol. The second kappa shape index (κ2) is 9.16. The number of hydrogen-bond acceptors (Lipinski definition) is 3. The highest BCUT2D eigenvalue weighted by atomic mass is 16.7. The van der Waals surface area contributed by atoms with Crippen LogP contribution in [0.25, 0.3) is 0 Å². The summed E-state index contributed by atoms with van der Waals surface area (Å²) >= 11 is 0. The molecule has 2 amide bonds. The molecule has 1 heterocycles. The van der Waals surface area contributed by atoms with Gasteiger partial charge in [-0.15, -0.1) is 0 Å². The Bertz CT molecular complexity index is 222. The molecule has 0 saturated carbocycles. The third-order valence-electron chi connectivity index (χ3n) is 3.02. The van der Waals surface area contributed by atoms with Gasteiger partial charge in [0.05, 0.1) is 6.54 Å². The summed E-state index contributed by atoms with van der Waals surface area (Å²) in [5.41, 5.74) is 0. The molecule has 0 aromatic heterocycles. The summed E-state index contributed by atoms with van der Waals surface area (Å²) in [6, 6.07) is 0.00121. The van der Waals surface area contributed by atoms with Crippen LogP contribution in [-0.4, -0.2) is 50.1 Å². The van der Waals surface area contributed by atoms with Crippen molar-refractivity contribution in [3.8, 4) is 0 Å². The quantitative estimate of drug-likeness (QED) is 0.741. The van der Waals surface area contributed by atoms with Gasteiger partial charge in [0.15, 0.2) is 6.29 Å². The first-order chi connectivity index (χ1) is 8.77. The van der Waals surface area contributed by atoms with Crippen molar-refractivity contribution < 1.29 is 14.3 Å². The summed E-state index contributed by atoms with van der Waals surface area (Å²) in [5, 5.41) is 2.89. The molecule has 18 heavy (non-hydrogen) atoms. The first kappa shape index (κ1) is 15.2. The molecule has 0 radical (unpaired) electrons. The number of ether oxygens (including phenoxy) is 2. The van der Waals surface area contributed by atoms with Gasteiger partial charge in [0.2, 0.25) is 0 Å². The lowest BCUT2D eigenvalue weighted by Crippen LogP contribution is -2.44. The largest absolute Gasteiger partial charge is 0.351 e. The highest BCUT2D eigenvalue weighted by Gasteiger charge is 2.16. The van der Waals surface area contributed by atoms with Crippen molar-refractivity contribution in [2.45, 2.75) is 45.8 Å². The SMILES string of the molecule is CCOC(CNC(=O)N1CCCCCC1)OCC. The van der Waals surface area contributed by atoms with Gasteiger partial charge < -0.3 is 19.7 Å². The molecule has 0 bridgehead atoms. The van der Waals surface area contributed by atoms with Gasteiger partial charge in [-0.05, 0) is 26.7 Å². The minimum Gasteiger partial charge on any atom is -0.351 e. The van der Waals surface area contributed by atoms with Gasteiger partial charge in [0.25, 0.3) is 0 Å². The first-order valence-electron chi connectivity index (χ1n) is 7.03. The van der Waals surface area contributed by atoms with Crippen LogP contribution in [0.3, 0.4) is 0 Å². The van der Waals surface area contributed by atoms with Crippen LogP contribution in [0, 0.1) is 0 Å². The van der Waals surface area contributed by atoms with Gasteiger partial charge >= 0.3 is 6.03 Å². The van der Waals surface area contributed by atoms with E-state index in [1.165, 1.54) is 12.8 Å². The highest BCUT2D eigenvalue weighted by Crippen LogP contribution is 2.09. The number of likely N-dealkylation sites (tertiary alicyclic amines) is 1. The normalized spacial score (nSPS) is 16.7. The maximum atomic E-state index is 12.0. The second-order valence-electron chi connectivity index (χ2n) is 4.43. The molecule has 0 unspecified atom stereocenters. The fourth-order valence-electron chi connectivity index (χ4n) is 2.09. The first-order valence-corrected chi connectivity index (χ1v) is 7.03. The number of nitrogens with one attached hydrogen (secondary N) is 1. The van der Waals surface area contributed by atoms with E-state index in [0.717, 1.165) is 25.9 Å². The van der Waals surface area contributed by atoms with Crippen LogP contribution in [-0.2, 0) is 9.47 Å². The van der Waals surface area contributed by atoms with Crippen LogP contribution in [0.5, 0.6) is 0 Å². The number of nitrogens with zero attached hydrogens (tertiary/aromatic N) is 1. The van der Waals surface area contributed by atoms with E-state index in [1.807, 2.05) is 18.7 Å². The Morgan fingerprint density at radius 2 is 1.67 bits per heavy atom. The smallest absolute Gasteiger partial charge is 0.317 e. The molecule has 0 aromatic carbocycles. The third kappa shape index (κ3) is 5.69. The Hall–Kier alpha value is -0.810. The lowest BCUT2D eigenvalue weighted by molar-refractivity contribution is -0.131. The molecule has 1 aliphatic heterocycles. The molecule has 1 N–H and O–H groups in total. The molecular weight excluding hydrogens is 232 g/mol. The zero-order chi connectivity index (χ0) is 13.2. The molecule has 5 nitrogen and oxygen atoms in total. The van der Waals surface area contributed by atoms with Crippen LogP contribution in [0.4, 0.5) is 4.79 Å². The van der Waals surface area contributed by atoms with Crippen LogP contribution in [0.1, 0.15) is 39.5 Å². The van der Waals surface area contributed by atoms with E-state index in [1.54, 1.807) is 0 Å². The number of carbonyl (C=O) groups is 1. The standard InChI is InChI=1S/C13H26N2O3/c1-3-17-12(18-4-2)11-14-13(16)15-9-7-5-6-8-10-15/h12H,3-11H2,1-2H3,(H,14,16). The average molecular weight is 258 g/mol. The molecule has 0 aliphatic carbocycles. The minimum absolute atomic E-state index is 0.00121. The van der Waals surface area contributed by atoms with Crippen molar-refractivity contribution >= 4 is 6.03 Å². The summed E-state index contributed by atoms with van der Waals surface area (Å²) in [7, 11) is 0. The van der Waals surface area contributed by atoms with E-state index in [0.29, 0.717) is 19.8 Å². The molecule has 0 aromatic rings. The van der Waals surface area contributed by atoms with Gasteiger partial charge in [-0.25, -0.2) is 4.79 Å². The maximum Gasteiger partial charge on any atom is 0.317 e. The fourth-order valence-corrected chi connectivity index (χ4v) is 2.09. The average Bonchev–Trinajstić information content (AvgIpc) is 2.65. The lowest BCUT2D eigenvalue weighted by atomic mass is 10.2. The van der Waals surface area contributed by atoms with E-state index in [9.17, 15) is 4.79 Å². The fraction of sp³-hybridized carbons (Fsp3) is 0.923. The van der Waals surface area contributed by atoms with E-state index in [2.05, 4.69) is 5.32 Å². The van der Waals surface area contributed by atoms with Gasteiger partial charge in [0, 0.05) is 26.3 Å². The van der Waals surface area contributed by atoms with Crippen LogP contribution >= 0.6 is 0 Å². The van der Waals surface area contributed by atoms with Crippen molar-refractivity contribution in [1.29, 1.82) is 0 Å². The molecule has 0 spiro atoms. The van der Waals surface area contributed by atoms with Gasteiger partial charge in [-0.1, -0.05) is 12.8 Å². The number of amides is 2. The Morgan fingerprint density at radius 3 is 2.17 bits per heavy atom. The predicted octanol–water partition coefficient (Wildman–Crippen LogP) is 1.97. The van der Waals surface area contributed by atoms with E-state index >= 15 is 0 Å². The number of carbonyl (C=O) groups excluding carboxylic acids is 1. The highest BCUT2D eigenvalue weighted by molar-refractivity contribution is 5.74. The van der Waals surface area contributed by atoms with Gasteiger partial charge in [-0.3, -0.25) is 0 Å². The molecule has 1 fully saturated rings. The zero-order valence-electron chi connectivity index (χ0n) is 11.6. The number of rotatable bonds is 6. The second-order valence-corrected chi connectivity index (χ2v) is 4.43. The third-order valence-corrected chi connectivity index (χ3v) is 3.02. The van der Waals surface area contributed by atoms with Crippen LogP contribution in [0.15, 0.2) is 0 Å². The molecule has 1 aliphatic rings. The topological polar surface area (TPSA) is 50.8 Å². The number of urea groups is 1. The summed E-state index contributed by atoms with van der Waals surface area (Å²) in [6.07, 6.45) is 4.33.